The first-order chi connectivity index (χ1) is 11.2. The summed E-state index contributed by atoms with van der Waals surface area (Å²) < 4.78 is 0. The highest BCUT2D eigenvalue weighted by atomic mass is 32.2. The maximum Gasteiger partial charge on any atom is 0.237 e. The van der Waals surface area contributed by atoms with Gasteiger partial charge in [-0.1, -0.05) is 30.0 Å². The molecule has 1 N–H and O–H groups in total. The Kier molecular flexibility index (Phi) is 4.83. The van der Waals surface area contributed by atoms with Crippen LogP contribution in [0.3, 0.4) is 0 Å². The first-order valence-electron chi connectivity index (χ1n) is 7.29. The Hall–Kier alpha value is -2.47. The molecule has 6 heteroatoms. The van der Waals surface area contributed by atoms with Crippen LogP contribution in [-0.2, 0) is 4.79 Å². The third-order valence-electron chi connectivity index (χ3n) is 3.32. The highest BCUT2D eigenvalue weighted by molar-refractivity contribution is 8.15. The van der Waals surface area contributed by atoms with Crippen molar-refractivity contribution in [1.82, 2.24) is 4.98 Å². The Labute approximate surface area is 138 Å². The van der Waals surface area contributed by atoms with Crippen molar-refractivity contribution in [2.24, 2.45) is 10.2 Å². The Morgan fingerprint density at radius 1 is 1.17 bits per heavy atom. The number of para-hydroxylation sites is 1. The van der Waals surface area contributed by atoms with Gasteiger partial charge in [0.2, 0.25) is 5.91 Å². The maximum absolute atomic E-state index is 12.2. The third-order valence-corrected chi connectivity index (χ3v) is 4.38. The number of anilines is 1. The second kappa shape index (κ2) is 7.19. The van der Waals surface area contributed by atoms with Crippen LogP contribution >= 0.6 is 11.8 Å². The average Bonchev–Trinajstić information content (AvgIpc) is 3.05. The van der Waals surface area contributed by atoms with Gasteiger partial charge in [-0.25, -0.2) is 0 Å². The van der Waals surface area contributed by atoms with E-state index in [0.29, 0.717) is 6.42 Å². The molecule has 0 saturated heterocycles. The molecule has 1 aliphatic rings. The van der Waals surface area contributed by atoms with E-state index in [4.69, 9.17) is 0 Å². The molecule has 3 rings (SSSR count). The smallest absolute Gasteiger partial charge is 0.237 e. The summed E-state index contributed by atoms with van der Waals surface area (Å²) in [5.74, 6) is -0.0428. The molecule has 1 aromatic heterocycles. The van der Waals surface area contributed by atoms with Crippen molar-refractivity contribution in [2.75, 3.05) is 5.32 Å². The van der Waals surface area contributed by atoms with Crippen LogP contribution in [-0.4, -0.2) is 26.9 Å². The molecular weight excluding hydrogens is 308 g/mol. The molecule has 1 aliphatic heterocycles. The lowest BCUT2D eigenvalue weighted by Crippen LogP contribution is -2.23. The van der Waals surface area contributed by atoms with Crippen molar-refractivity contribution in [3.8, 4) is 0 Å². The van der Waals surface area contributed by atoms with Crippen LogP contribution in [0.15, 0.2) is 65.1 Å². The zero-order valence-corrected chi connectivity index (χ0v) is 13.5. The number of rotatable bonds is 4. The predicted molar refractivity (Wildman–Crippen MR) is 95.0 cm³/mol. The number of amides is 1. The van der Waals surface area contributed by atoms with Gasteiger partial charge in [0.05, 0.1) is 11.0 Å². The lowest BCUT2D eigenvalue weighted by atomic mass is 10.1. The monoisotopic (exact) mass is 324 g/mol. The molecule has 5 nitrogen and oxygen atoms in total. The molecule has 2 heterocycles. The third kappa shape index (κ3) is 4.04. The van der Waals surface area contributed by atoms with E-state index < -0.39 is 0 Å². The second-order valence-corrected chi connectivity index (χ2v) is 6.49. The highest BCUT2D eigenvalue weighted by Crippen LogP contribution is 2.23. The number of benzene rings is 1. The molecule has 1 aromatic carbocycles. The summed E-state index contributed by atoms with van der Waals surface area (Å²) in [6.07, 6.45) is 4.14. The number of pyridine rings is 1. The zero-order chi connectivity index (χ0) is 16.1. The van der Waals surface area contributed by atoms with Crippen LogP contribution in [0, 0.1) is 0 Å². The summed E-state index contributed by atoms with van der Waals surface area (Å²) in [6, 6.07) is 13.3. The SMILES string of the molecule is CC(SC1=NN=C(c2cccnc2)C1)C(=O)Nc1ccccc1. The molecule has 0 spiro atoms. The minimum absolute atomic E-state index is 0.0428. The average molecular weight is 324 g/mol. The molecule has 1 amide bonds. The fourth-order valence-electron chi connectivity index (χ4n) is 2.11. The van der Waals surface area contributed by atoms with Gasteiger partial charge in [-0.15, -0.1) is 5.10 Å². The number of hydrogen-bond acceptors (Lipinski definition) is 5. The van der Waals surface area contributed by atoms with Crippen molar-refractivity contribution < 1.29 is 4.79 Å². The summed E-state index contributed by atoms with van der Waals surface area (Å²) in [5.41, 5.74) is 2.65. The van der Waals surface area contributed by atoms with Crippen LogP contribution in [0.5, 0.6) is 0 Å². The van der Waals surface area contributed by atoms with Crippen molar-refractivity contribution >= 4 is 34.1 Å². The Morgan fingerprint density at radius 2 is 2.00 bits per heavy atom. The molecule has 0 fully saturated rings. The van der Waals surface area contributed by atoms with Gasteiger partial charge < -0.3 is 5.32 Å². The Bertz CT molecular complexity index is 744. The quantitative estimate of drug-likeness (QED) is 0.938. The molecule has 0 aliphatic carbocycles. The fraction of sp³-hybridized carbons (Fsp3) is 0.176. The second-order valence-electron chi connectivity index (χ2n) is 5.07. The van der Waals surface area contributed by atoms with Crippen molar-refractivity contribution in [3.63, 3.8) is 0 Å². The van der Waals surface area contributed by atoms with E-state index in [-0.39, 0.29) is 11.2 Å². The number of nitrogens with one attached hydrogen (secondary N) is 1. The zero-order valence-electron chi connectivity index (χ0n) is 12.6. The normalized spacial score (nSPS) is 14.8. The van der Waals surface area contributed by atoms with E-state index in [9.17, 15) is 4.79 Å². The van der Waals surface area contributed by atoms with E-state index in [2.05, 4.69) is 20.5 Å². The number of carbonyl (C=O) groups excluding carboxylic acids is 1. The van der Waals surface area contributed by atoms with Crippen LogP contribution < -0.4 is 5.32 Å². The summed E-state index contributed by atoms with van der Waals surface area (Å²) >= 11 is 1.44. The molecule has 2 aromatic rings. The van der Waals surface area contributed by atoms with Gasteiger partial charge in [-0.3, -0.25) is 9.78 Å². The van der Waals surface area contributed by atoms with E-state index in [0.717, 1.165) is 22.0 Å². The lowest BCUT2D eigenvalue weighted by molar-refractivity contribution is -0.115. The number of aromatic nitrogens is 1. The molecule has 1 atom stereocenters. The summed E-state index contributed by atoms with van der Waals surface area (Å²) in [4.78, 5) is 16.3. The summed E-state index contributed by atoms with van der Waals surface area (Å²) in [5, 5.41) is 11.9. The van der Waals surface area contributed by atoms with E-state index in [1.54, 1.807) is 12.4 Å². The van der Waals surface area contributed by atoms with E-state index in [1.165, 1.54) is 11.8 Å². The molecular formula is C17H16N4OS. The first-order valence-corrected chi connectivity index (χ1v) is 8.17. The van der Waals surface area contributed by atoms with Gasteiger partial charge in [0.1, 0.15) is 5.04 Å². The minimum atomic E-state index is -0.239. The van der Waals surface area contributed by atoms with Gasteiger partial charge in [0, 0.05) is 30.1 Å². The fourth-order valence-corrected chi connectivity index (χ4v) is 2.99. The number of hydrogen-bond donors (Lipinski definition) is 1. The number of carbonyl (C=O) groups is 1. The topological polar surface area (TPSA) is 66.7 Å². The van der Waals surface area contributed by atoms with Gasteiger partial charge in [0.25, 0.3) is 0 Å². The van der Waals surface area contributed by atoms with Crippen molar-refractivity contribution in [2.45, 2.75) is 18.6 Å². The maximum atomic E-state index is 12.2. The van der Waals surface area contributed by atoms with Crippen molar-refractivity contribution in [1.29, 1.82) is 0 Å². The first kappa shape index (κ1) is 15.4. The molecule has 0 bridgehead atoms. The van der Waals surface area contributed by atoms with Gasteiger partial charge in [-0.2, -0.15) is 5.10 Å². The molecule has 0 radical (unpaired) electrons. The largest absolute Gasteiger partial charge is 0.325 e. The van der Waals surface area contributed by atoms with Crippen LogP contribution in [0.4, 0.5) is 5.69 Å². The molecule has 116 valence electrons. The number of nitrogens with zero attached hydrogens (tertiary/aromatic N) is 3. The predicted octanol–water partition coefficient (Wildman–Crippen LogP) is 3.35. The van der Waals surface area contributed by atoms with Gasteiger partial charge in [-0.05, 0) is 31.2 Å². The standard InChI is InChI=1S/C17H16N4OS/c1-12(17(22)19-14-7-3-2-4-8-14)23-16-10-15(20-21-16)13-6-5-9-18-11-13/h2-9,11-12H,10H2,1H3,(H,19,22). The summed E-state index contributed by atoms with van der Waals surface area (Å²) in [6.45, 7) is 1.87. The van der Waals surface area contributed by atoms with Crippen LogP contribution in [0.1, 0.15) is 18.9 Å². The minimum Gasteiger partial charge on any atom is -0.325 e. The lowest BCUT2D eigenvalue weighted by Gasteiger charge is -2.11. The highest BCUT2D eigenvalue weighted by Gasteiger charge is 2.21. The Morgan fingerprint density at radius 3 is 2.74 bits per heavy atom. The molecule has 1 unspecified atom stereocenters. The van der Waals surface area contributed by atoms with Crippen LogP contribution in [0.25, 0.3) is 0 Å². The van der Waals surface area contributed by atoms with E-state index in [1.807, 2.05) is 49.4 Å². The molecule has 23 heavy (non-hydrogen) atoms. The Balaban J connectivity index is 1.53. The van der Waals surface area contributed by atoms with Crippen LogP contribution in [0.2, 0.25) is 0 Å². The van der Waals surface area contributed by atoms with Gasteiger partial charge >= 0.3 is 0 Å². The number of thioether (sulfide) groups is 1. The van der Waals surface area contributed by atoms with Gasteiger partial charge in [0.15, 0.2) is 0 Å². The summed E-state index contributed by atoms with van der Waals surface area (Å²) in [7, 11) is 0. The van der Waals surface area contributed by atoms with Crippen molar-refractivity contribution in [3.05, 3.63) is 60.4 Å². The van der Waals surface area contributed by atoms with E-state index >= 15 is 0 Å². The molecule has 0 saturated carbocycles.